The van der Waals surface area contributed by atoms with Crippen LogP contribution in [-0.2, 0) is 9.53 Å². The summed E-state index contributed by atoms with van der Waals surface area (Å²) >= 11 is 7.41. The molecule has 156 valence electrons. The maximum absolute atomic E-state index is 12.5. The van der Waals surface area contributed by atoms with Gasteiger partial charge in [0, 0.05) is 15.5 Å². The standard InChI is InChI=1S/C22H20ClNO5S/c1-13-19(14-5-4-6-15(23)11-14)20(22(26)28-3)21(30-13)24-18(25)12-29-17-9-7-16(27-2)8-10-17/h4-11H,12H2,1-3H3,(H,24,25). The second-order valence-corrected chi connectivity index (χ2v) is 7.91. The van der Waals surface area contributed by atoms with E-state index in [-0.39, 0.29) is 6.61 Å². The average Bonchev–Trinajstić information content (AvgIpc) is 3.07. The van der Waals surface area contributed by atoms with Crippen LogP contribution < -0.4 is 14.8 Å². The van der Waals surface area contributed by atoms with Gasteiger partial charge in [-0.25, -0.2) is 4.79 Å². The number of halogens is 1. The summed E-state index contributed by atoms with van der Waals surface area (Å²) in [6, 6.07) is 14.1. The van der Waals surface area contributed by atoms with Gasteiger partial charge in [0.2, 0.25) is 0 Å². The number of carbonyl (C=O) groups excluding carboxylic acids is 2. The molecule has 0 aliphatic rings. The van der Waals surface area contributed by atoms with Crippen LogP contribution in [0.25, 0.3) is 11.1 Å². The number of amides is 1. The maximum atomic E-state index is 12.5. The molecule has 0 radical (unpaired) electrons. The monoisotopic (exact) mass is 445 g/mol. The summed E-state index contributed by atoms with van der Waals surface area (Å²) in [6.07, 6.45) is 0. The fourth-order valence-corrected chi connectivity index (χ4v) is 4.18. The van der Waals surface area contributed by atoms with Crippen LogP contribution in [-0.4, -0.2) is 32.7 Å². The Hall–Kier alpha value is -3.03. The van der Waals surface area contributed by atoms with E-state index in [1.807, 2.05) is 13.0 Å². The third kappa shape index (κ3) is 4.93. The molecule has 1 amide bonds. The molecule has 0 unspecified atom stereocenters. The minimum Gasteiger partial charge on any atom is -0.497 e. The van der Waals surface area contributed by atoms with E-state index in [0.29, 0.717) is 32.6 Å². The zero-order chi connectivity index (χ0) is 21.7. The van der Waals surface area contributed by atoms with Gasteiger partial charge in [-0.3, -0.25) is 4.79 Å². The Bertz CT molecular complexity index is 1060. The molecule has 1 heterocycles. The van der Waals surface area contributed by atoms with Crippen LogP contribution in [0.4, 0.5) is 5.00 Å². The number of esters is 1. The Labute approximate surface area is 183 Å². The number of nitrogens with one attached hydrogen (secondary N) is 1. The van der Waals surface area contributed by atoms with Gasteiger partial charge in [-0.15, -0.1) is 11.3 Å². The second-order valence-electron chi connectivity index (χ2n) is 6.25. The topological polar surface area (TPSA) is 73.9 Å². The lowest BCUT2D eigenvalue weighted by atomic mass is 10.0. The van der Waals surface area contributed by atoms with Gasteiger partial charge in [0.1, 0.15) is 22.1 Å². The van der Waals surface area contributed by atoms with Crippen molar-refractivity contribution in [2.75, 3.05) is 26.1 Å². The first-order valence-corrected chi connectivity index (χ1v) is 10.2. The molecule has 0 aliphatic carbocycles. The largest absolute Gasteiger partial charge is 0.497 e. The molecule has 6 nitrogen and oxygen atoms in total. The normalized spacial score (nSPS) is 10.4. The van der Waals surface area contributed by atoms with Crippen molar-refractivity contribution in [2.24, 2.45) is 0 Å². The van der Waals surface area contributed by atoms with Gasteiger partial charge in [0.15, 0.2) is 6.61 Å². The molecule has 2 aromatic carbocycles. The zero-order valence-electron chi connectivity index (χ0n) is 16.7. The molecule has 0 saturated carbocycles. The van der Waals surface area contributed by atoms with E-state index in [4.69, 9.17) is 25.8 Å². The van der Waals surface area contributed by atoms with Crippen molar-refractivity contribution in [1.29, 1.82) is 0 Å². The van der Waals surface area contributed by atoms with Crippen LogP contribution in [0.2, 0.25) is 5.02 Å². The Morgan fingerprint density at radius 1 is 1.07 bits per heavy atom. The third-order valence-corrected chi connectivity index (χ3v) is 5.53. The smallest absolute Gasteiger partial charge is 0.341 e. The second kappa shape index (κ2) is 9.65. The van der Waals surface area contributed by atoms with Crippen molar-refractivity contribution < 1.29 is 23.8 Å². The van der Waals surface area contributed by atoms with Crippen molar-refractivity contribution in [1.82, 2.24) is 0 Å². The highest BCUT2D eigenvalue weighted by Crippen LogP contribution is 2.40. The Kier molecular flexibility index (Phi) is 6.97. The number of thiophene rings is 1. The summed E-state index contributed by atoms with van der Waals surface area (Å²) in [6.45, 7) is 1.66. The molecule has 0 fully saturated rings. The number of rotatable bonds is 7. The molecule has 3 rings (SSSR count). The van der Waals surface area contributed by atoms with Crippen molar-refractivity contribution >= 4 is 39.8 Å². The first kappa shape index (κ1) is 21.7. The van der Waals surface area contributed by atoms with Gasteiger partial charge in [0.05, 0.1) is 14.2 Å². The summed E-state index contributed by atoms with van der Waals surface area (Å²) in [5.74, 6) is 0.286. The van der Waals surface area contributed by atoms with Gasteiger partial charge < -0.3 is 19.5 Å². The van der Waals surface area contributed by atoms with Crippen LogP contribution in [0, 0.1) is 6.92 Å². The quantitative estimate of drug-likeness (QED) is 0.506. The molecule has 0 spiro atoms. The highest BCUT2D eigenvalue weighted by Gasteiger charge is 2.25. The summed E-state index contributed by atoms with van der Waals surface area (Å²) in [4.78, 5) is 25.8. The molecule has 1 aromatic heterocycles. The molecular weight excluding hydrogens is 426 g/mol. The van der Waals surface area contributed by atoms with E-state index in [0.717, 1.165) is 10.4 Å². The molecular formula is C22H20ClNO5S. The van der Waals surface area contributed by atoms with Gasteiger partial charge in [-0.1, -0.05) is 23.7 Å². The van der Waals surface area contributed by atoms with E-state index < -0.39 is 11.9 Å². The number of hydrogen-bond donors (Lipinski definition) is 1. The summed E-state index contributed by atoms with van der Waals surface area (Å²) in [7, 11) is 2.87. The van der Waals surface area contributed by atoms with Gasteiger partial charge in [0.25, 0.3) is 5.91 Å². The molecule has 8 heteroatoms. The van der Waals surface area contributed by atoms with E-state index in [2.05, 4.69) is 5.32 Å². The molecule has 1 N–H and O–H groups in total. The first-order valence-electron chi connectivity index (χ1n) is 8.97. The number of benzene rings is 2. The third-order valence-electron chi connectivity index (χ3n) is 4.27. The molecule has 0 aliphatic heterocycles. The number of aryl methyl sites for hydroxylation is 1. The van der Waals surface area contributed by atoms with Crippen molar-refractivity contribution in [3.8, 4) is 22.6 Å². The lowest BCUT2D eigenvalue weighted by Crippen LogP contribution is -2.21. The van der Waals surface area contributed by atoms with Gasteiger partial charge in [-0.05, 0) is 48.9 Å². The Balaban J connectivity index is 1.81. The molecule has 0 saturated heterocycles. The van der Waals surface area contributed by atoms with Crippen LogP contribution in [0.3, 0.4) is 0 Å². The van der Waals surface area contributed by atoms with E-state index >= 15 is 0 Å². The SMILES string of the molecule is COC(=O)c1c(NC(=O)COc2ccc(OC)cc2)sc(C)c1-c1cccc(Cl)c1. The summed E-state index contributed by atoms with van der Waals surface area (Å²) in [5, 5.41) is 3.71. The highest BCUT2D eigenvalue weighted by molar-refractivity contribution is 7.17. The lowest BCUT2D eigenvalue weighted by Gasteiger charge is -2.09. The van der Waals surface area contributed by atoms with Crippen LogP contribution in [0.5, 0.6) is 11.5 Å². The molecule has 0 bridgehead atoms. The predicted molar refractivity (Wildman–Crippen MR) is 118 cm³/mol. The number of ether oxygens (including phenoxy) is 3. The van der Waals surface area contributed by atoms with E-state index in [1.54, 1.807) is 49.6 Å². The van der Waals surface area contributed by atoms with Crippen LogP contribution >= 0.6 is 22.9 Å². The minimum atomic E-state index is -0.541. The zero-order valence-corrected chi connectivity index (χ0v) is 18.2. The number of carbonyl (C=O) groups is 2. The summed E-state index contributed by atoms with van der Waals surface area (Å²) < 4.78 is 15.6. The minimum absolute atomic E-state index is 0.212. The fourth-order valence-electron chi connectivity index (χ4n) is 2.90. The van der Waals surface area contributed by atoms with E-state index in [9.17, 15) is 9.59 Å². The number of hydrogen-bond acceptors (Lipinski definition) is 6. The molecule has 30 heavy (non-hydrogen) atoms. The van der Waals surface area contributed by atoms with Crippen molar-refractivity contribution in [3.05, 3.63) is 64.0 Å². The van der Waals surface area contributed by atoms with E-state index in [1.165, 1.54) is 18.4 Å². The van der Waals surface area contributed by atoms with Crippen LogP contribution in [0.15, 0.2) is 48.5 Å². The average molecular weight is 446 g/mol. The highest BCUT2D eigenvalue weighted by atomic mass is 35.5. The summed E-state index contributed by atoms with van der Waals surface area (Å²) in [5.41, 5.74) is 1.74. The maximum Gasteiger partial charge on any atom is 0.341 e. The molecule has 3 aromatic rings. The van der Waals surface area contributed by atoms with Crippen LogP contribution in [0.1, 0.15) is 15.2 Å². The Morgan fingerprint density at radius 3 is 2.40 bits per heavy atom. The van der Waals surface area contributed by atoms with Crippen molar-refractivity contribution in [3.63, 3.8) is 0 Å². The van der Waals surface area contributed by atoms with Gasteiger partial charge in [-0.2, -0.15) is 0 Å². The van der Waals surface area contributed by atoms with Crippen molar-refractivity contribution in [2.45, 2.75) is 6.92 Å². The van der Waals surface area contributed by atoms with Gasteiger partial charge >= 0.3 is 5.97 Å². The Morgan fingerprint density at radius 2 is 1.77 bits per heavy atom. The predicted octanol–water partition coefficient (Wildman–Crippen LogP) is 5.19. The first-order chi connectivity index (χ1) is 14.4. The fraction of sp³-hybridized carbons (Fsp3) is 0.182. The number of anilines is 1. The lowest BCUT2D eigenvalue weighted by molar-refractivity contribution is -0.118. The molecule has 0 atom stereocenters. The number of methoxy groups -OCH3 is 2.